The number of hydrazone groups is 1. The number of benzene rings is 3. The molecule has 4 nitrogen and oxygen atoms in total. The molecule has 0 bridgehead atoms. The van der Waals surface area contributed by atoms with E-state index in [1.54, 1.807) is 24.4 Å². The Balaban J connectivity index is 1.50. The minimum Gasteiger partial charge on any atom is -0.483 e. The largest absolute Gasteiger partial charge is 0.483 e. The van der Waals surface area contributed by atoms with Crippen LogP contribution in [0.1, 0.15) is 5.56 Å². The molecule has 0 aliphatic rings. The summed E-state index contributed by atoms with van der Waals surface area (Å²) in [5.74, 6) is 0.184. The molecule has 1 amide bonds. The van der Waals surface area contributed by atoms with Crippen molar-refractivity contribution in [1.82, 2.24) is 5.43 Å². The Bertz CT molecular complexity index is 944. The van der Waals surface area contributed by atoms with E-state index in [-0.39, 0.29) is 12.5 Å². The number of ether oxygens (including phenoxy) is 1. The normalized spacial score (nSPS) is 10.7. The lowest BCUT2D eigenvalue weighted by Gasteiger charge is -2.07. The lowest BCUT2D eigenvalue weighted by atomic mass is 10.0. The van der Waals surface area contributed by atoms with Crippen molar-refractivity contribution in [1.29, 1.82) is 0 Å². The Hall–Kier alpha value is -2.63. The maximum atomic E-state index is 11.8. The van der Waals surface area contributed by atoms with Gasteiger partial charge >= 0.3 is 0 Å². The van der Waals surface area contributed by atoms with Crippen LogP contribution < -0.4 is 10.2 Å². The minimum absolute atomic E-state index is 0.148. The van der Waals surface area contributed by atoms with Crippen molar-refractivity contribution in [3.05, 3.63) is 87.9 Å². The zero-order valence-corrected chi connectivity index (χ0v) is 16.6. The van der Waals surface area contributed by atoms with E-state index in [9.17, 15) is 4.79 Å². The molecule has 3 aromatic carbocycles. The van der Waals surface area contributed by atoms with Crippen molar-refractivity contribution in [2.75, 3.05) is 6.61 Å². The molecule has 0 saturated heterocycles. The second-order valence-electron chi connectivity index (χ2n) is 5.64. The van der Waals surface area contributed by atoms with Gasteiger partial charge in [0.25, 0.3) is 5.91 Å². The van der Waals surface area contributed by atoms with E-state index in [1.165, 1.54) is 0 Å². The number of nitrogens with zero attached hydrogens (tertiary/aromatic N) is 1. The number of halogens is 2. The van der Waals surface area contributed by atoms with Crippen molar-refractivity contribution in [2.45, 2.75) is 0 Å². The molecule has 0 spiro atoms. The zero-order valence-electron chi connectivity index (χ0n) is 14.2. The number of hydrogen-bond acceptors (Lipinski definition) is 3. The summed E-state index contributed by atoms with van der Waals surface area (Å²) < 4.78 is 6.11. The summed E-state index contributed by atoms with van der Waals surface area (Å²) in [7, 11) is 0. The highest BCUT2D eigenvalue weighted by Gasteiger charge is 2.05. The van der Waals surface area contributed by atoms with E-state index in [2.05, 4.69) is 38.6 Å². The third kappa shape index (κ3) is 5.67. The molecular weight excluding hydrogens is 428 g/mol. The van der Waals surface area contributed by atoms with E-state index >= 15 is 0 Å². The first kappa shape index (κ1) is 19.1. The van der Waals surface area contributed by atoms with Crippen LogP contribution in [0.15, 0.2) is 82.4 Å². The first-order valence-corrected chi connectivity index (χ1v) is 9.34. The summed E-state index contributed by atoms with van der Waals surface area (Å²) in [6.45, 7) is -0.148. The van der Waals surface area contributed by atoms with Gasteiger partial charge < -0.3 is 4.74 Å². The standard InChI is InChI=1S/C21H16BrClN2O2/c22-19-12-18(23)10-11-20(19)27-14-21(26)25-24-13-15-6-8-17(9-7-15)16-4-2-1-3-5-16/h1-13H,14H2,(H,25,26)/b24-13+. The van der Waals surface area contributed by atoms with Gasteiger partial charge in [0.05, 0.1) is 10.7 Å². The smallest absolute Gasteiger partial charge is 0.277 e. The number of hydrogen-bond donors (Lipinski definition) is 1. The van der Waals surface area contributed by atoms with Crippen molar-refractivity contribution < 1.29 is 9.53 Å². The Morgan fingerprint density at radius 2 is 1.74 bits per heavy atom. The molecule has 3 aromatic rings. The summed E-state index contributed by atoms with van der Waals surface area (Å²) in [5, 5.41) is 4.54. The first-order chi connectivity index (χ1) is 13.1. The van der Waals surface area contributed by atoms with Gasteiger partial charge in [-0.15, -0.1) is 0 Å². The molecule has 0 aromatic heterocycles. The Morgan fingerprint density at radius 1 is 1.04 bits per heavy atom. The maximum Gasteiger partial charge on any atom is 0.277 e. The van der Waals surface area contributed by atoms with Crippen LogP contribution in [-0.4, -0.2) is 18.7 Å². The summed E-state index contributed by atoms with van der Waals surface area (Å²) in [4.78, 5) is 11.8. The monoisotopic (exact) mass is 442 g/mol. The molecular formula is C21H16BrClN2O2. The second kappa shape index (κ2) is 9.35. The number of amides is 1. The molecule has 3 rings (SSSR count). The fraction of sp³-hybridized carbons (Fsp3) is 0.0476. The lowest BCUT2D eigenvalue weighted by molar-refractivity contribution is -0.123. The second-order valence-corrected chi connectivity index (χ2v) is 6.94. The van der Waals surface area contributed by atoms with Gasteiger partial charge in [-0.1, -0.05) is 66.2 Å². The van der Waals surface area contributed by atoms with Gasteiger partial charge in [-0.25, -0.2) is 5.43 Å². The number of rotatable bonds is 6. The predicted molar refractivity (Wildman–Crippen MR) is 112 cm³/mol. The molecule has 1 N–H and O–H groups in total. The van der Waals surface area contributed by atoms with E-state index < -0.39 is 0 Å². The Morgan fingerprint density at radius 3 is 2.44 bits per heavy atom. The molecule has 0 saturated carbocycles. The predicted octanol–water partition coefficient (Wildman–Crippen LogP) is 5.30. The average Bonchev–Trinajstić information content (AvgIpc) is 2.68. The van der Waals surface area contributed by atoms with Crippen LogP contribution in [0.5, 0.6) is 5.75 Å². The minimum atomic E-state index is -0.353. The third-order valence-corrected chi connectivity index (χ3v) is 4.53. The number of nitrogens with one attached hydrogen (secondary N) is 1. The maximum absolute atomic E-state index is 11.8. The Kier molecular flexibility index (Phi) is 6.63. The molecule has 0 fully saturated rings. The van der Waals surface area contributed by atoms with Crippen LogP contribution in [0.4, 0.5) is 0 Å². The number of carbonyl (C=O) groups excluding carboxylic acids is 1. The summed E-state index contributed by atoms with van der Waals surface area (Å²) in [5.41, 5.74) is 5.60. The molecule has 136 valence electrons. The summed E-state index contributed by atoms with van der Waals surface area (Å²) in [6, 6.07) is 23.1. The van der Waals surface area contributed by atoms with E-state index in [0.29, 0.717) is 15.2 Å². The summed E-state index contributed by atoms with van der Waals surface area (Å²) >= 11 is 9.20. The van der Waals surface area contributed by atoms with Gasteiger partial charge in [0.2, 0.25) is 0 Å². The van der Waals surface area contributed by atoms with Gasteiger partial charge in [0.1, 0.15) is 5.75 Å². The molecule has 0 aliphatic carbocycles. The van der Waals surface area contributed by atoms with Gasteiger partial charge in [-0.3, -0.25) is 4.79 Å². The van der Waals surface area contributed by atoms with Gasteiger partial charge in [-0.05, 0) is 50.8 Å². The average molecular weight is 444 g/mol. The van der Waals surface area contributed by atoms with Gasteiger partial charge in [0.15, 0.2) is 6.61 Å². The van der Waals surface area contributed by atoms with Crippen molar-refractivity contribution in [2.24, 2.45) is 5.10 Å². The van der Waals surface area contributed by atoms with Crippen LogP contribution in [-0.2, 0) is 4.79 Å². The molecule has 0 heterocycles. The van der Waals surface area contributed by atoms with Crippen LogP contribution >= 0.6 is 27.5 Å². The zero-order chi connectivity index (χ0) is 19.1. The topological polar surface area (TPSA) is 50.7 Å². The molecule has 27 heavy (non-hydrogen) atoms. The van der Waals surface area contributed by atoms with Crippen molar-refractivity contribution >= 4 is 39.7 Å². The highest BCUT2D eigenvalue weighted by molar-refractivity contribution is 9.10. The molecule has 0 atom stereocenters. The van der Waals surface area contributed by atoms with E-state index in [4.69, 9.17) is 16.3 Å². The molecule has 6 heteroatoms. The molecule has 0 unspecified atom stereocenters. The SMILES string of the molecule is O=C(COc1ccc(Cl)cc1Br)N/N=C/c1ccc(-c2ccccc2)cc1. The fourth-order valence-electron chi connectivity index (χ4n) is 2.34. The molecule has 0 radical (unpaired) electrons. The first-order valence-electron chi connectivity index (χ1n) is 8.17. The fourth-order valence-corrected chi connectivity index (χ4v) is 3.14. The summed E-state index contributed by atoms with van der Waals surface area (Å²) in [6.07, 6.45) is 1.59. The third-order valence-electron chi connectivity index (χ3n) is 3.67. The van der Waals surface area contributed by atoms with Gasteiger partial charge in [-0.2, -0.15) is 5.10 Å². The van der Waals surface area contributed by atoms with E-state index in [1.807, 2.05) is 42.5 Å². The van der Waals surface area contributed by atoms with Crippen molar-refractivity contribution in [3.63, 3.8) is 0 Å². The quantitative estimate of drug-likeness (QED) is 0.415. The van der Waals surface area contributed by atoms with Gasteiger partial charge in [0, 0.05) is 5.02 Å². The van der Waals surface area contributed by atoms with Crippen LogP contribution in [0.2, 0.25) is 5.02 Å². The van der Waals surface area contributed by atoms with E-state index in [0.717, 1.165) is 16.7 Å². The van der Waals surface area contributed by atoms with Crippen LogP contribution in [0.25, 0.3) is 11.1 Å². The highest BCUT2D eigenvalue weighted by atomic mass is 79.9. The lowest BCUT2D eigenvalue weighted by Crippen LogP contribution is -2.24. The molecule has 0 aliphatic heterocycles. The highest BCUT2D eigenvalue weighted by Crippen LogP contribution is 2.27. The Labute approximate surface area is 171 Å². The van der Waals surface area contributed by atoms with Crippen LogP contribution in [0.3, 0.4) is 0 Å². The van der Waals surface area contributed by atoms with Crippen molar-refractivity contribution in [3.8, 4) is 16.9 Å². The van der Waals surface area contributed by atoms with Crippen LogP contribution in [0, 0.1) is 0 Å². The number of carbonyl (C=O) groups is 1.